The number of amides is 3. The molecule has 0 bridgehead atoms. The molecule has 1 aromatic heterocycles. The van der Waals surface area contributed by atoms with Crippen molar-refractivity contribution in [3.05, 3.63) is 142 Å². The standard InChI is InChI=1S/C40H37N3O5S2/c1-5-48-40(47)35-33(29-20-16-26(3)17-21-29)24-49-39(35)43-36(44)27(4)50-32-13-9-12-31(23-32)41-38(46)34(22-28-18-14-25(2)15-19-28)42-37(45)30-10-7-6-8-11-30/h6-24,27H,5H2,1-4H3,(H,41,46)(H,42,45)(H,43,44)/b34-22-. The highest BCUT2D eigenvalue weighted by Crippen LogP contribution is 2.37. The van der Waals surface area contributed by atoms with E-state index in [0.29, 0.717) is 27.4 Å². The average molecular weight is 704 g/mol. The van der Waals surface area contributed by atoms with Crippen molar-refractivity contribution in [3.63, 3.8) is 0 Å². The second-order valence-corrected chi connectivity index (χ2v) is 13.8. The van der Waals surface area contributed by atoms with Gasteiger partial charge in [0.25, 0.3) is 11.8 Å². The number of aryl methyl sites for hydroxylation is 2. The molecule has 3 amide bonds. The number of thiophene rings is 1. The van der Waals surface area contributed by atoms with Crippen LogP contribution in [0.15, 0.2) is 119 Å². The van der Waals surface area contributed by atoms with Crippen molar-refractivity contribution in [2.75, 3.05) is 17.2 Å². The van der Waals surface area contributed by atoms with Crippen molar-refractivity contribution in [1.29, 1.82) is 0 Å². The molecule has 1 unspecified atom stereocenters. The van der Waals surface area contributed by atoms with Crippen LogP contribution >= 0.6 is 23.1 Å². The normalized spacial score (nSPS) is 11.7. The van der Waals surface area contributed by atoms with Gasteiger partial charge in [-0.15, -0.1) is 23.1 Å². The van der Waals surface area contributed by atoms with E-state index >= 15 is 0 Å². The van der Waals surface area contributed by atoms with E-state index < -0.39 is 23.0 Å². The second-order valence-electron chi connectivity index (χ2n) is 11.5. The Morgan fingerprint density at radius 2 is 1.52 bits per heavy atom. The van der Waals surface area contributed by atoms with Gasteiger partial charge in [-0.1, -0.05) is 83.9 Å². The van der Waals surface area contributed by atoms with Crippen LogP contribution in [0.3, 0.4) is 0 Å². The Morgan fingerprint density at radius 3 is 2.20 bits per heavy atom. The number of benzene rings is 4. The molecule has 0 aliphatic carbocycles. The summed E-state index contributed by atoms with van der Waals surface area (Å²) in [5.74, 6) is -1.71. The van der Waals surface area contributed by atoms with E-state index in [0.717, 1.165) is 27.1 Å². The van der Waals surface area contributed by atoms with E-state index in [1.807, 2.05) is 79.9 Å². The fraction of sp³-hybridized carbons (Fsp3) is 0.150. The molecule has 1 atom stereocenters. The van der Waals surface area contributed by atoms with Crippen LogP contribution in [-0.4, -0.2) is 35.5 Å². The Morgan fingerprint density at radius 1 is 0.840 bits per heavy atom. The van der Waals surface area contributed by atoms with E-state index in [9.17, 15) is 19.2 Å². The Labute approximate surface area is 300 Å². The Bertz CT molecular complexity index is 2020. The van der Waals surface area contributed by atoms with E-state index in [1.165, 1.54) is 23.1 Å². The summed E-state index contributed by atoms with van der Waals surface area (Å²) in [5, 5.41) is 10.3. The van der Waals surface area contributed by atoms with Gasteiger partial charge in [-0.3, -0.25) is 14.4 Å². The molecule has 50 heavy (non-hydrogen) atoms. The van der Waals surface area contributed by atoms with Crippen LogP contribution in [-0.2, 0) is 14.3 Å². The van der Waals surface area contributed by atoms with E-state index in [-0.39, 0.29) is 18.2 Å². The number of hydrogen-bond donors (Lipinski definition) is 3. The van der Waals surface area contributed by atoms with Crippen LogP contribution < -0.4 is 16.0 Å². The van der Waals surface area contributed by atoms with Gasteiger partial charge >= 0.3 is 5.97 Å². The molecule has 4 aromatic carbocycles. The van der Waals surface area contributed by atoms with Gasteiger partial charge in [0.15, 0.2) is 0 Å². The van der Waals surface area contributed by atoms with Crippen LogP contribution in [0.4, 0.5) is 10.7 Å². The minimum Gasteiger partial charge on any atom is -0.462 e. The molecule has 5 aromatic rings. The summed E-state index contributed by atoms with van der Waals surface area (Å²) in [6.07, 6.45) is 1.62. The number of nitrogens with one attached hydrogen (secondary N) is 3. The van der Waals surface area contributed by atoms with Crippen LogP contribution in [0.25, 0.3) is 17.2 Å². The smallest absolute Gasteiger partial charge is 0.341 e. The zero-order valence-corrected chi connectivity index (χ0v) is 29.7. The van der Waals surface area contributed by atoms with Crippen LogP contribution in [0.1, 0.15) is 51.3 Å². The number of thioether (sulfide) groups is 1. The first-order valence-corrected chi connectivity index (χ1v) is 17.8. The third kappa shape index (κ3) is 9.37. The molecule has 8 nitrogen and oxygen atoms in total. The molecule has 0 spiro atoms. The molecule has 0 saturated carbocycles. The fourth-order valence-corrected chi connectivity index (χ4v) is 6.78. The van der Waals surface area contributed by atoms with Gasteiger partial charge < -0.3 is 20.7 Å². The molecule has 0 aliphatic heterocycles. The number of rotatable bonds is 12. The molecular weight excluding hydrogens is 667 g/mol. The highest BCUT2D eigenvalue weighted by Gasteiger charge is 2.25. The summed E-state index contributed by atoms with van der Waals surface area (Å²) in [6, 6.07) is 31.2. The first kappa shape index (κ1) is 35.8. The average Bonchev–Trinajstić information content (AvgIpc) is 3.53. The number of esters is 1. The molecule has 254 valence electrons. The van der Waals surface area contributed by atoms with Crippen molar-refractivity contribution < 1.29 is 23.9 Å². The predicted molar refractivity (Wildman–Crippen MR) is 203 cm³/mol. The summed E-state index contributed by atoms with van der Waals surface area (Å²) in [4.78, 5) is 53.7. The second kappa shape index (κ2) is 16.8. The Balaban J connectivity index is 1.30. The Hall–Kier alpha value is -5.45. The minimum atomic E-state index is -0.553. The first-order valence-electron chi connectivity index (χ1n) is 16.0. The molecular formula is C40H37N3O5S2. The molecule has 3 N–H and O–H groups in total. The third-order valence-electron chi connectivity index (χ3n) is 7.56. The monoisotopic (exact) mass is 703 g/mol. The van der Waals surface area contributed by atoms with E-state index in [4.69, 9.17) is 4.74 Å². The zero-order chi connectivity index (χ0) is 35.6. The maximum atomic E-state index is 13.5. The Kier molecular flexibility index (Phi) is 12.0. The van der Waals surface area contributed by atoms with Gasteiger partial charge in [0, 0.05) is 27.1 Å². The van der Waals surface area contributed by atoms with Gasteiger partial charge in [0.1, 0.15) is 16.3 Å². The van der Waals surface area contributed by atoms with Crippen molar-refractivity contribution in [2.45, 2.75) is 37.8 Å². The van der Waals surface area contributed by atoms with Crippen molar-refractivity contribution >= 4 is 63.6 Å². The van der Waals surface area contributed by atoms with Crippen molar-refractivity contribution in [2.24, 2.45) is 0 Å². The van der Waals surface area contributed by atoms with Gasteiger partial charge in [-0.25, -0.2) is 4.79 Å². The van der Waals surface area contributed by atoms with Gasteiger partial charge in [-0.05, 0) is 75.2 Å². The number of hydrogen-bond acceptors (Lipinski definition) is 7. The summed E-state index contributed by atoms with van der Waals surface area (Å²) < 4.78 is 5.34. The zero-order valence-electron chi connectivity index (χ0n) is 28.1. The van der Waals surface area contributed by atoms with Crippen LogP contribution in [0.5, 0.6) is 0 Å². The first-order chi connectivity index (χ1) is 24.1. The quantitative estimate of drug-likeness (QED) is 0.0681. The van der Waals surface area contributed by atoms with Crippen molar-refractivity contribution in [1.82, 2.24) is 5.32 Å². The molecule has 5 rings (SSSR count). The summed E-state index contributed by atoms with van der Waals surface area (Å²) in [5.41, 5.74) is 5.78. The maximum Gasteiger partial charge on any atom is 0.341 e. The lowest BCUT2D eigenvalue weighted by molar-refractivity contribution is -0.115. The molecule has 0 fully saturated rings. The van der Waals surface area contributed by atoms with Crippen LogP contribution in [0, 0.1) is 13.8 Å². The van der Waals surface area contributed by atoms with Crippen LogP contribution in [0.2, 0.25) is 0 Å². The molecule has 10 heteroatoms. The van der Waals surface area contributed by atoms with Gasteiger partial charge in [0.05, 0.1) is 11.9 Å². The molecule has 0 radical (unpaired) electrons. The number of anilines is 2. The lowest BCUT2D eigenvalue weighted by Crippen LogP contribution is -2.30. The number of carbonyl (C=O) groups is 4. The third-order valence-corrected chi connectivity index (χ3v) is 9.55. The van der Waals surface area contributed by atoms with E-state index in [2.05, 4.69) is 16.0 Å². The lowest BCUT2D eigenvalue weighted by atomic mass is 10.0. The molecule has 0 saturated heterocycles. The van der Waals surface area contributed by atoms with Gasteiger partial charge in [-0.2, -0.15) is 0 Å². The number of ether oxygens (including phenoxy) is 1. The summed E-state index contributed by atoms with van der Waals surface area (Å²) >= 11 is 2.57. The topological polar surface area (TPSA) is 114 Å². The largest absolute Gasteiger partial charge is 0.462 e. The lowest BCUT2D eigenvalue weighted by Gasteiger charge is -2.14. The summed E-state index contributed by atoms with van der Waals surface area (Å²) in [7, 11) is 0. The van der Waals surface area contributed by atoms with E-state index in [1.54, 1.807) is 62.4 Å². The highest BCUT2D eigenvalue weighted by molar-refractivity contribution is 8.00. The maximum absolute atomic E-state index is 13.5. The SMILES string of the molecule is CCOC(=O)c1c(-c2ccc(C)cc2)csc1NC(=O)C(C)Sc1cccc(NC(=O)/C(=C/c2ccc(C)cc2)NC(=O)c2ccccc2)c1. The summed E-state index contributed by atoms with van der Waals surface area (Å²) in [6.45, 7) is 7.68. The molecule has 1 heterocycles. The molecule has 0 aliphatic rings. The van der Waals surface area contributed by atoms with Crippen molar-refractivity contribution in [3.8, 4) is 11.1 Å². The minimum absolute atomic E-state index is 0.0758. The predicted octanol–water partition coefficient (Wildman–Crippen LogP) is 8.74. The van der Waals surface area contributed by atoms with Gasteiger partial charge in [0.2, 0.25) is 5.91 Å². The number of carbonyl (C=O) groups excluding carboxylic acids is 4. The fourth-order valence-electron chi connectivity index (χ4n) is 4.89. The highest BCUT2D eigenvalue weighted by atomic mass is 32.2.